The molecular weight excluding hydrogens is 472 g/mol. The second kappa shape index (κ2) is 10.7. The lowest BCUT2D eigenvalue weighted by molar-refractivity contribution is -0.153. The first-order chi connectivity index (χ1) is 16.7. The number of carbonyl (C=O) groups is 3. The third kappa shape index (κ3) is 5.90. The number of urea groups is 1. The SMILES string of the molecule is COC(=O)[C@H](CCN1CCC2(CC2)[C@H](O)C1)N1C[C@@H](C)N(C(=O)Nc2cccc(Cl)c2)CCC1=O. The number of piperidine rings is 1. The van der Waals surface area contributed by atoms with E-state index in [-0.39, 0.29) is 49.0 Å². The van der Waals surface area contributed by atoms with E-state index < -0.39 is 12.0 Å². The highest BCUT2D eigenvalue weighted by Gasteiger charge is 2.51. The maximum atomic E-state index is 13.1. The molecule has 0 bridgehead atoms. The summed E-state index contributed by atoms with van der Waals surface area (Å²) >= 11 is 6.02. The molecule has 3 amide bonds. The molecule has 9 nitrogen and oxygen atoms in total. The number of likely N-dealkylation sites (tertiary alicyclic amines) is 1. The lowest BCUT2D eigenvalue weighted by Gasteiger charge is -2.38. The predicted molar refractivity (Wildman–Crippen MR) is 132 cm³/mol. The molecule has 1 spiro atoms. The minimum atomic E-state index is -0.736. The number of carbonyl (C=O) groups excluding carboxylic acids is 3. The molecule has 2 heterocycles. The van der Waals surface area contributed by atoms with Crippen LogP contribution in [0.15, 0.2) is 24.3 Å². The van der Waals surface area contributed by atoms with Crippen LogP contribution >= 0.6 is 11.6 Å². The first kappa shape index (κ1) is 25.7. The van der Waals surface area contributed by atoms with Gasteiger partial charge in [-0.2, -0.15) is 0 Å². The van der Waals surface area contributed by atoms with Gasteiger partial charge in [-0.25, -0.2) is 9.59 Å². The van der Waals surface area contributed by atoms with Gasteiger partial charge < -0.3 is 29.9 Å². The number of hydrogen-bond acceptors (Lipinski definition) is 6. The summed E-state index contributed by atoms with van der Waals surface area (Å²) in [6, 6.07) is 5.53. The fourth-order valence-corrected chi connectivity index (χ4v) is 5.49. The Morgan fingerprint density at radius 3 is 2.69 bits per heavy atom. The minimum absolute atomic E-state index is 0.115. The molecule has 1 aromatic rings. The Hall–Kier alpha value is -2.36. The number of β-amino-alcohol motifs (C(OH)–C–C–N with tert-alkyl or cyclic N) is 1. The Labute approximate surface area is 211 Å². The molecule has 2 N–H and O–H groups in total. The molecule has 2 aliphatic heterocycles. The van der Waals surface area contributed by atoms with Gasteiger partial charge in [0.25, 0.3) is 0 Å². The molecule has 0 aromatic heterocycles. The van der Waals surface area contributed by atoms with Crippen molar-refractivity contribution in [2.24, 2.45) is 5.41 Å². The standard InChI is InChI=1S/C25H35ClN4O5/c1-17-15-30(22(32)7-12-29(17)24(34)27-19-5-3-4-18(26)14-19)20(23(33)35-2)6-11-28-13-10-25(8-9-25)21(31)16-28/h3-5,14,17,20-21,31H,6-13,15-16H2,1-2H3,(H,27,34)/t17-,20+,21-/m1/s1. The number of halogens is 1. The average Bonchev–Trinajstić information content (AvgIpc) is 3.62. The molecule has 3 aliphatic rings. The van der Waals surface area contributed by atoms with E-state index in [9.17, 15) is 19.5 Å². The van der Waals surface area contributed by atoms with Gasteiger partial charge >= 0.3 is 12.0 Å². The molecule has 192 valence electrons. The first-order valence-electron chi connectivity index (χ1n) is 12.3. The number of nitrogens with one attached hydrogen (secondary N) is 1. The van der Waals surface area contributed by atoms with E-state index in [0.717, 1.165) is 25.8 Å². The van der Waals surface area contributed by atoms with Crippen LogP contribution in [0.5, 0.6) is 0 Å². The monoisotopic (exact) mass is 506 g/mol. The van der Waals surface area contributed by atoms with Gasteiger partial charge in [-0.1, -0.05) is 17.7 Å². The number of benzene rings is 1. The van der Waals surface area contributed by atoms with Crippen molar-refractivity contribution in [1.29, 1.82) is 0 Å². The number of aliphatic hydroxyl groups is 1. The highest BCUT2D eigenvalue weighted by atomic mass is 35.5. The number of anilines is 1. The van der Waals surface area contributed by atoms with Gasteiger partial charge in [-0.3, -0.25) is 4.79 Å². The summed E-state index contributed by atoms with van der Waals surface area (Å²) in [6.07, 6.45) is 3.35. The summed E-state index contributed by atoms with van der Waals surface area (Å²) in [5, 5.41) is 13.9. The number of ether oxygens (including phenoxy) is 1. The second-order valence-electron chi connectivity index (χ2n) is 10.0. The van der Waals surface area contributed by atoms with Gasteiger partial charge in [0.05, 0.1) is 13.2 Å². The van der Waals surface area contributed by atoms with E-state index in [1.54, 1.807) is 34.1 Å². The zero-order valence-electron chi connectivity index (χ0n) is 20.4. The number of aliphatic hydroxyl groups excluding tert-OH is 1. The van der Waals surface area contributed by atoms with Crippen LogP contribution in [-0.4, -0.2) is 95.7 Å². The van der Waals surface area contributed by atoms with Crippen LogP contribution in [0, 0.1) is 5.41 Å². The summed E-state index contributed by atoms with van der Waals surface area (Å²) in [5.74, 6) is -0.639. The lowest BCUT2D eigenvalue weighted by Crippen LogP contribution is -2.52. The van der Waals surface area contributed by atoms with Crippen molar-refractivity contribution in [2.45, 2.75) is 57.2 Å². The normalized spacial score (nSPS) is 25.2. The molecule has 4 rings (SSSR count). The van der Waals surface area contributed by atoms with Crippen molar-refractivity contribution in [3.63, 3.8) is 0 Å². The summed E-state index contributed by atoms with van der Waals surface area (Å²) in [6.45, 7) is 4.41. The van der Waals surface area contributed by atoms with Crippen molar-refractivity contribution in [1.82, 2.24) is 14.7 Å². The van der Waals surface area contributed by atoms with E-state index in [0.29, 0.717) is 30.2 Å². The Bertz CT molecular complexity index is 956. The molecule has 1 saturated carbocycles. The van der Waals surface area contributed by atoms with Gasteiger partial charge in [-0.15, -0.1) is 0 Å². The summed E-state index contributed by atoms with van der Waals surface area (Å²) in [5.41, 5.74) is 0.690. The molecule has 1 aromatic carbocycles. The molecule has 0 unspecified atom stereocenters. The first-order valence-corrected chi connectivity index (χ1v) is 12.7. The number of hydrogen-bond donors (Lipinski definition) is 2. The van der Waals surface area contributed by atoms with Gasteiger partial charge in [0.15, 0.2) is 0 Å². The summed E-state index contributed by atoms with van der Waals surface area (Å²) < 4.78 is 5.05. The number of methoxy groups -OCH3 is 1. The second-order valence-corrected chi connectivity index (χ2v) is 10.5. The quantitative estimate of drug-likeness (QED) is 0.575. The maximum absolute atomic E-state index is 13.1. The number of nitrogens with zero attached hydrogens (tertiary/aromatic N) is 3. The molecule has 0 radical (unpaired) electrons. The fraction of sp³-hybridized carbons (Fsp3) is 0.640. The minimum Gasteiger partial charge on any atom is -0.467 e. The number of amides is 3. The van der Waals surface area contributed by atoms with Gasteiger partial charge in [0.1, 0.15) is 6.04 Å². The van der Waals surface area contributed by atoms with Crippen molar-refractivity contribution < 1.29 is 24.2 Å². The van der Waals surface area contributed by atoms with Crippen LogP contribution in [0.1, 0.15) is 39.0 Å². The molecule has 10 heteroatoms. The van der Waals surface area contributed by atoms with Gasteiger partial charge in [0, 0.05) is 49.4 Å². The molecule has 2 saturated heterocycles. The third-order valence-electron chi connectivity index (χ3n) is 7.74. The van der Waals surface area contributed by atoms with Crippen LogP contribution < -0.4 is 5.32 Å². The van der Waals surface area contributed by atoms with Crippen molar-refractivity contribution in [2.75, 3.05) is 45.2 Å². The third-order valence-corrected chi connectivity index (χ3v) is 7.98. The highest BCUT2D eigenvalue weighted by molar-refractivity contribution is 6.30. The predicted octanol–water partition coefficient (Wildman–Crippen LogP) is 2.57. The Morgan fingerprint density at radius 1 is 1.26 bits per heavy atom. The van der Waals surface area contributed by atoms with E-state index in [2.05, 4.69) is 10.2 Å². The van der Waals surface area contributed by atoms with Crippen molar-refractivity contribution in [3.05, 3.63) is 29.3 Å². The van der Waals surface area contributed by atoms with Gasteiger partial charge in [0.2, 0.25) is 5.91 Å². The average molecular weight is 507 g/mol. The number of rotatable bonds is 6. The van der Waals surface area contributed by atoms with Crippen LogP contribution in [0.2, 0.25) is 5.02 Å². The Kier molecular flexibility index (Phi) is 7.88. The fourth-order valence-electron chi connectivity index (χ4n) is 5.29. The lowest BCUT2D eigenvalue weighted by atomic mass is 9.90. The Morgan fingerprint density at radius 2 is 2.03 bits per heavy atom. The maximum Gasteiger partial charge on any atom is 0.328 e. The van der Waals surface area contributed by atoms with Gasteiger partial charge in [-0.05, 0) is 62.8 Å². The largest absolute Gasteiger partial charge is 0.467 e. The van der Waals surface area contributed by atoms with E-state index >= 15 is 0 Å². The zero-order valence-corrected chi connectivity index (χ0v) is 21.2. The molecular formula is C25H35ClN4O5. The topological polar surface area (TPSA) is 102 Å². The highest BCUT2D eigenvalue weighted by Crippen LogP contribution is 2.53. The smallest absolute Gasteiger partial charge is 0.328 e. The van der Waals surface area contributed by atoms with Crippen LogP contribution in [-0.2, 0) is 14.3 Å². The summed E-state index contributed by atoms with van der Waals surface area (Å²) in [7, 11) is 1.33. The molecule has 1 aliphatic carbocycles. The number of esters is 1. The van der Waals surface area contributed by atoms with Crippen LogP contribution in [0.3, 0.4) is 0 Å². The van der Waals surface area contributed by atoms with E-state index in [1.165, 1.54) is 7.11 Å². The molecule has 35 heavy (non-hydrogen) atoms. The molecule has 3 atom stereocenters. The Balaban J connectivity index is 1.39. The van der Waals surface area contributed by atoms with E-state index in [1.807, 2.05) is 6.92 Å². The van der Waals surface area contributed by atoms with Crippen LogP contribution in [0.25, 0.3) is 0 Å². The van der Waals surface area contributed by atoms with E-state index in [4.69, 9.17) is 16.3 Å². The van der Waals surface area contributed by atoms with Crippen LogP contribution in [0.4, 0.5) is 10.5 Å². The van der Waals surface area contributed by atoms with Crippen molar-refractivity contribution >= 4 is 35.2 Å². The summed E-state index contributed by atoms with van der Waals surface area (Å²) in [4.78, 5) is 44.1. The van der Waals surface area contributed by atoms with Crippen molar-refractivity contribution in [3.8, 4) is 0 Å². The zero-order chi connectivity index (χ0) is 25.2. The molecule has 3 fully saturated rings.